The molecule has 1 unspecified atom stereocenters. The van der Waals surface area contributed by atoms with Crippen LogP contribution < -0.4 is 11.1 Å². The van der Waals surface area contributed by atoms with Gasteiger partial charge < -0.3 is 11.1 Å². The average molecular weight is 264 g/mol. The van der Waals surface area contributed by atoms with Crippen molar-refractivity contribution in [3.63, 3.8) is 0 Å². The molecule has 0 aromatic heterocycles. The molecule has 1 aromatic carbocycles. The molecule has 1 aliphatic heterocycles. The van der Waals surface area contributed by atoms with E-state index in [2.05, 4.69) is 5.32 Å². The normalized spacial score (nSPS) is 19.5. The third-order valence-electron chi connectivity index (χ3n) is 3.24. The summed E-state index contributed by atoms with van der Waals surface area (Å²) in [6, 6.07) is 5.59. The van der Waals surface area contributed by atoms with E-state index in [1.807, 2.05) is 23.9 Å². The van der Waals surface area contributed by atoms with Crippen LogP contribution in [0.25, 0.3) is 0 Å². The smallest absolute Gasteiger partial charge is 0.161 e. The first kappa shape index (κ1) is 13.3. The summed E-state index contributed by atoms with van der Waals surface area (Å²) >= 11 is 2.04. The Bertz CT molecular complexity index is 428. The number of nitrogen functional groups attached to an aromatic ring is 1. The first-order chi connectivity index (χ1) is 8.66. The van der Waals surface area contributed by atoms with Crippen molar-refractivity contribution in [2.24, 2.45) is 0 Å². The van der Waals surface area contributed by atoms with Crippen LogP contribution in [0.5, 0.6) is 0 Å². The predicted octanol–water partition coefficient (Wildman–Crippen LogP) is 3.17. The lowest BCUT2D eigenvalue weighted by Gasteiger charge is -2.22. The molecule has 1 atom stereocenters. The molecule has 4 heteroatoms. The van der Waals surface area contributed by atoms with E-state index in [0.29, 0.717) is 16.5 Å². The fraction of sp³-hybridized carbons (Fsp3) is 0.500. The van der Waals surface area contributed by atoms with E-state index in [1.54, 1.807) is 13.0 Å². The Hall–Kier alpha value is -1.16. The van der Waals surface area contributed by atoms with Gasteiger partial charge in [-0.1, -0.05) is 6.42 Å². The van der Waals surface area contributed by atoms with E-state index in [0.717, 1.165) is 12.2 Å². The summed E-state index contributed by atoms with van der Waals surface area (Å²) in [5.74, 6) is 1.29. The minimum atomic E-state index is 0.0168. The van der Waals surface area contributed by atoms with Crippen LogP contribution in [0, 0.1) is 0 Å². The average Bonchev–Trinajstić information content (AvgIpc) is 2.38. The van der Waals surface area contributed by atoms with Crippen LogP contribution in [0.4, 0.5) is 11.4 Å². The summed E-state index contributed by atoms with van der Waals surface area (Å²) in [5.41, 5.74) is 7.93. The molecule has 0 radical (unpaired) electrons. The number of rotatable bonds is 4. The van der Waals surface area contributed by atoms with Gasteiger partial charge in [-0.15, -0.1) is 0 Å². The van der Waals surface area contributed by atoms with Crippen LogP contribution in [0.3, 0.4) is 0 Å². The van der Waals surface area contributed by atoms with Crippen molar-refractivity contribution in [3.8, 4) is 0 Å². The largest absolute Gasteiger partial charge is 0.398 e. The van der Waals surface area contributed by atoms with Crippen LogP contribution in [0.15, 0.2) is 18.2 Å². The Morgan fingerprint density at radius 3 is 3.00 bits per heavy atom. The topological polar surface area (TPSA) is 55.1 Å². The highest BCUT2D eigenvalue weighted by Crippen LogP contribution is 2.26. The van der Waals surface area contributed by atoms with Crippen LogP contribution in [-0.2, 0) is 0 Å². The van der Waals surface area contributed by atoms with Gasteiger partial charge in [-0.25, -0.2) is 0 Å². The zero-order valence-corrected chi connectivity index (χ0v) is 11.6. The number of Topliss-reactive ketones (excluding diaryl/α,β-unsaturated/α-hetero) is 1. The number of hydrogen-bond acceptors (Lipinski definition) is 4. The standard InChI is InChI=1S/C14H20N2OS/c1-10(17)13-8-11(5-6-14(13)15)16-9-12-4-2-3-7-18-12/h5-6,8,12,16H,2-4,7,9,15H2,1H3. The molecule has 1 aliphatic rings. The van der Waals surface area contributed by atoms with Gasteiger partial charge in [0.25, 0.3) is 0 Å². The van der Waals surface area contributed by atoms with Gasteiger partial charge in [0.05, 0.1) is 0 Å². The van der Waals surface area contributed by atoms with E-state index >= 15 is 0 Å². The summed E-state index contributed by atoms with van der Waals surface area (Å²) < 4.78 is 0. The van der Waals surface area contributed by atoms with Gasteiger partial charge >= 0.3 is 0 Å². The Morgan fingerprint density at radius 2 is 2.33 bits per heavy atom. The highest BCUT2D eigenvalue weighted by atomic mass is 32.2. The summed E-state index contributed by atoms with van der Waals surface area (Å²) in [6.07, 6.45) is 3.96. The number of nitrogens with two attached hydrogens (primary N) is 1. The van der Waals surface area contributed by atoms with Gasteiger partial charge in [-0.2, -0.15) is 11.8 Å². The molecular weight excluding hydrogens is 244 g/mol. The first-order valence-electron chi connectivity index (χ1n) is 6.43. The Balaban J connectivity index is 1.96. The number of carbonyl (C=O) groups is 1. The Kier molecular flexibility index (Phi) is 4.53. The molecule has 98 valence electrons. The van der Waals surface area contributed by atoms with E-state index in [1.165, 1.54) is 25.0 Å². The van der Waals surface area contributed by atoms with Crippen LogP contribution in [-0.4, -0.2) is 23.3 Å². The quantitative estimate of drug-likeness (QED) is 0.648. The second kappa shape index (κ2) is 6.14. The van der Waals surface area contributed by atoms with Crippen molar-refractivity contribution in [2.75, 3.05) is 23.3 Å². The molecule has 0 aliphatic carbocycles. The Morgan fingerprint density at radius 1 is 1.50 bits per heavy atom. The Labute approximate surface area is 113 Å². The molecular formula is C14H20N2OS. The fourth-order valence-electron chi connectivity index (χ4n) is 2.17. The van der Waals surface area contributed by atoms with Crippen molar-refractivity contribution in [1.82, 2.24) is 0 Å². The number of ketones is 1. The second-order valence-corrected chi connectivity index (χ2v) is 6.14. The van der Waals surface area contributed by atoms with Crippen LogP contribution >= 0.6 is 11.8 Å². The zero-order chi connectivity index (χ0) is 13.0. The van der Waals surface area contributed by atoms with Crippen molar-refractivity contribution in [1.29, 1.82) is 0 Å². The van der Waals surface area contributed by atoms with Crippen LogP contribution in [0.1, 0.15) is 36.5 Å². The lowest BCUT2D eigenvalue weighted by molar-refractivity contribution is 0.101. The molecule has 1 aromatic rings. The van der Waals surface area contributed by atoms with Gasteiger partial charge in [0.2, 0.25) is 0 Å². The van der Waals surface area contributed by atoms with Crippen LogP contribution in [0.2, 0.25) is 0 Å². The molecule has 1 saturated heterocycles. The van der Waals surface area contributed by atoms with Crippen molar-refractivity contribution >= 4 is 28.9 Å². The molecule has 3 nitrogen and oxygen atoms in total. The number of anilines is 2. The van der Waals surface area contributed by atoms with Crippen molar-refractivity contribution < 1.29 is 4.79 Å². The summed E-state index contributed by atoms with van der Waals surface area (Å²) in [5, 5.41) is 4.10. The predicted molar refractivity (Wildman–Crippen MR) is 79.4 cm³/mol. The highest BCUT2D eigenvalue weighted by Gasteiger charge is 2.13. The summed E-state index contributed by atoms with van der Waals surface area (Å²) in [6.45, 7) is 2.51. The number of hydrogen-bond donors (Lipinski definition) is 2. The lowest BCUT2D eigenvalue weighted by Crippen LogP contribution is -2.20. The molecule has 0 bridgehead atoms. The minimum absolute atomic E-state index is 0.0168. The van der Waals surface area contributed by atoms with E-state index in [9.17, 15) is 4.79 Å². The van der Waals surface area contributed by atoms with E-state index < -0.39 is 0 Å². The maximum absolute atomic E-state index is 11.4. The highest BCUT2D eigenvalue weighted by molar-refractivity contribution is 7.99. The lowest BCUT2D eigenvalue weighted by atomic mass is 10.1. The zero-order valence-electron chi connectivity index (χ0n) is 10.7. The van der Waals surface area contributed by atoms with Gasteiger partial charge in [0.1, 0.15) is 0 Å². The minimum Gasteiger partial charge on any atom is -0.398 e. The van der Waals surface area contributed by atoms with E-state index in [4.69, 9.17) is 5.73 Å². The number of carbonyl (C=O) groups excluding carboxylic acids is 1. The van der Waals surface area contributed by atoms with Gasteiger partial charge in [-0.3, -0.25) is 4.79 Å². The molecule has 3 N–H and O–H groups in total. The van der Waals surface area contributed by atoms with Gasteiger partial charge in [0.15, 0.2) is 5.78 Å². The molecule has 0 spiro atoms. The third-order valence-corrected chi connectivity index (χ3v) is 4.64. The molecule has 18 heavy (non-hydrogen) atoms. The fourth-order valence-corrected chi connectivity index (χ4v) is 3.41. The maximum atomic E-state index is 11.4. The third kappa shape index (κ3) is 3.42. The monoisotopic (exact) mass is 264 g/mol. The first-order valence-corrected chi connectivity index (χ1v) is 7.47. The number of benzene rings is 1. The SMILES string of the molecule is CC(=O)c1cc(NCC2CCCCS2)ccc1N. The van der Waals surface area contributed by atoms with Crippen molar-refractivity contribution in [3.05, 3.63) is 23.8 Å². The van der Waals surface area contributed by atoms with Gasteiger partial charge in [-0.05, 0) is 43.7 Å². The molecule has 1 fully saturated rings. The van der Waals surface area contributed by atoms with Crippen molar-refractivity contribution in [2.45, 2.75) is 31.4 Å². The van der Waals surface area contributed by atoms with Gasteiger partial charge in [0, 0.05) is 28.7 Å². The molecule has 0 saturated carbocycles. The second-order valence-electron chi connectivity index (χ2n) is 4.73. The molecule has 0 amide bonds. The summed E-state index contributed by atoms with van der Waals surface area (Å²) in [4.78, 5) is 11.4. The number of nitrogens with one attached hydrogen (secondary N) is 1. The number of thioether (sulfide) groups is 1. The maximum Gasteiger partial charge on any atom is 0.161 e. The molecule has 1 heterocycles. The molecule has 2 rings (SSSR count). The van der Waals surface area contributed by atoms with E-state index in [-0.39, 0.29) is 5.78 Å². The summed E-state index contributed by atoms with van der Waals surface area (Å²) in [7, 11) is 0.